The number of H-pyrrole nitrogens is 1. The molecule has 0 saturated carbocycles. The molecular formula is C13H8ClNO3. The number of hydrogen-bond donors (Lipinski definition) is 2. The molecule has 90 valence electrons. The smallest absolute Gasteiger partial charge is 0.352 e. The summed E-state index contributed by atoms with van der Waals surface area (Å²) in [6, 6.07) is 10.3. The molecule has 5 heteroatoms. The van der Waals surface area contributed by atoms with E-state index < -0.39 is 5.97 Å². The van der Waals surface area contributed by atoms with Crippen LogP contribution >= 0.6 is 11.6 Å². The molecule has 0 bridgehead atoms. The molecule has 2 heterocycles. The van der Waals surface area contributed by atoms with Crippen LogP contribution in [0.4, 0.5) is 0 Å². The van der Waals surface area contributed by atoms with Crippen LogP contribution in [0.1, 0.15) is 10.5 Å². The van der Waals surface area contributed by atoms with Gasteiger partial charge in [-0.25, -0.2) is 4.79 Å². The Morgan fingerprint density at radius 2 is 2.11 bits per heavy atom. The molecule has 3 rings (SSSR count). The van der Waals surface area contributed by atoms with Gasteiger partial charge in [-0.1, -0.05) is 17.7 Å². The molecular weight excluding hydrogens is 254 g/mol. The first-order chi connectivity index (χ1) is 8.65. The van der Waals surface area contributed by atoms with E-state index in [0.717, 1.165) is 5.39 Å². The van der Waals surface area contributed by atoms with Gasteiger partial charge in [-0.15, -0.1) is 0 Å². The van der Waals surface area contributed by atoms with Gasteiger partial charge in [0.2, 0.25) is 0 Å². The van der Waals surface area contributed by atoms with Crippen LogP contribution < -0.4 is 0 Å². The van der Waals surface area contributed by atoms with E-state index in [9.17, 15) is 4.79 Å². The van der Waals surface area contributed by atoms with Gasteiger partial charge in [0.1, 0.15) is 11.3 Å². The molecule has 2 N–H and O–H groups in total. The van der Waals surface area contributed by atoms with Crippen LogP contribution in [-0.2, 0) is 0 Å². The summed E-state index contributed by atoms with van der Waals surface area (Å²) in [6.45, 7) is 0. The van der Waals surface area contributed by atoms with Crippen LogP contribution in [0.25, 0.3) is 22.4 Å². The van der Waals surface area contributed by atoms with E-state index >= 15 is 0 Å². The molecule has 0 aliphatic rings. The molecule has 0 aliphatic carbocycles. The molecule has 0 radical (unpaired) electrons. The number of aromatic nitrogens is 1. The van der Waals surface area contributed by atoms with Gasteiger partial charge in [-0.05, 0) is 30.3 Å². The minimum absolute atomic E-state index is 0.122. The Kier molecular flexibility index (Phi) is 2.38. The molecule has 0 atom stereocenters. The lowest BCUT2D eigenvalue weighted by Gasteiger charge is -1.90. The highest BCUT2D eigenvalue weighted by Gasteiger charge is 2.12. The molecule has 0 aliphatic heterocycles. The molecule has 4 nitrogen and oxygen atoms in total. The molecule has 1 aromatic carbocycles. The minimum Gasteiger partial charge on any atom is -0.477 e. The fraction of sp³-hybridized carbons (Fsp3) is 0. The van der Waals surface area contributed by atoms with Crippen molar-refractivity contribution in [2.45, 2.75) is 0 Å². The van der Waals surface area contributed by atoms with Gasteiger partial charge >= 0.3 is 5.97 Å². The van der Waals surface area contributed by atoms with Crippen molar-refractivity contribution in [2.24, 2.45) is 0 Å². The van der Waals surface area contributed by atoms with Crippen LogP contribution in [0.15, 0.2) is 40.8 Å². The number of fused-ring (bicyclic) bond motifs is 1. The summed E-state index contributed by atoms with van der Waals surface area (Å²) in [4.78, 5) is 13.6. The van der Waals surface area contributed by atoms with Gasteiger partial charge in [0, 0.05) is 5.39 Å². The maximum absolute atomic E-state index is 10.8. The van der Waals surface area contributed by atoms with Gasteiger partial charge in [0.25, 0.3) is 0 Å². The lowest BCUT2D eigenvalue weighted by molar-refractivity contribution is 0.0691. The third-order valence-corrected chi connectivity index (χ3v) is 3.02. The lowest BCUT2D eigenvalue weighted by Crippen LogP contribution is -1.95. The summed E-state index contributed by atoms with van der Waals surface area (Å²) >= 11 is 6.05. The maximum atomic E-state index is 10.8. The van der Waals surface area contributed by atoms with Crippen LogP contribution in [0.5, 0.6) is 0 Å². The zero-order valence-corrected chi connectivity index (χ0v) is 9.86. The normalized spacial score (nSPS) is 10.9. The molecule has 0 amide bonds. The number of aromatic amines is 1. The number of hydrogen-bond acceptors (Lipinski definition) is 2. The quantitative estimate of drug-likeness (QED) is 0.738. The number of carboxylic acids is 1. The van der Waals surface area contributed by atoms with Crippen LogP contribution in [-0.4, -0.2) is 16.1 Å². The van der Waals surface area contributed by atoms with Crippen LogP contribution in [0, 0.1) is 0 Å². The third kappa shape index (κ3) is 1.67. The SMILES string of the molecule is O=C(O)c1ccc(-c2cc3c(Cl)cccc3o2)[nH]1. The summed E-state index contributed by atoms with van der Waals surface area (Å²) in [7, 11) is 0. The van der Waals surface area contributed by atoms with Gasteiger partial charge < -0.3 is 14.5 Å². The fourth-order valence-corrected chi connectivity index (χ4v) is 2.04. The monoisotopic (exact) mass is 261 g/mol. The molecule has 2 aromatic heterocycles. The number of furan rings is 1. The van der Waals surface area contributed by atoms with Crippen molar-refractivity contribution in [1.29, 1.82) is 0 Å². The minimum atomic E-state index is -1.00. The largest absolute Gasteiger partial charge is 0.477 e. The third-order valence-electron chi connectivity index (χ3n) is 2.69. The molecule has 0 spiro atoms. The highest BCUT2D eigenvalue weighted by molar-refractivity contribution is 6.35. The summed E-state index contributed by atoms with van der Waals surface area (Å²) in [6.07, 6.45) is 0. The highest BCUT2D eigenvalue weighted by Crippen LogP contribution is 2.31. The summed E-state index contributed by atoms with van der Waals surface area (Å²) < 4.78 is 5.62. The van der Waals surface area contributed by atoms with Crippen molar-refractivity contribution in [3.8, 4) is 11.5 Å². The van der Waals surface area contributed by atoms with E-state index in [2.05, 4.69) is 4.98 Å². The summed E-state index contributed by atoms with van der Waals surface area (Å²) in [5.74, 6) is -0.444. The Bertz CT molecular complexity index is 742. The summed E-state index contributed by atoms with van der Waals surface area (Å²) in [5.41, 5.74) is 1.40. The van der Waals surface area contributed by atoms with E-state index in [0.29, 0.717) is 22.1 Å². The second-order valence-corrected chi connectivity index (χ2v) is 4.26. The Morgan fingerprint density at radius 3 is 2.78 bits per heavy atom. The van der Waals surface area contributed by atoms with Gasteiger partial charge in [-0.2, -0.15) is 0 Å². The van der Waals surface area contributed by atoms with E-state index in [1.54, 1.807) is 24.3 Å². The first kappa shape index (κ1) is 10.9. The average molecular weight is 262 g/mol. The zero-order valence-electron chi connectivity index (χ0n) is 9.11. The van der Waals surface area contributed by atoms with E-state index in [1.807, 2.05) is 6.07 Å². The molecule has 0 unspecified atom stereocenters. The standard InChI is InChI=1S/C13H8ClNO3/c14-8-2-1-3-11-7(8)6-12(18-11)9-4-5-10(15-9)13(16)17/h1-6,15H,(H,16,17). The van der Waals surface area contributed by atoms with Gasteiger partial charge in [0.05, 0.1) is 10.7 Å². The molecule has 0 fully saturated rings. The van der Waals surface area contributed by atoms with Crippen LogP contribution in [0.3, 0.4) is 0 Å². The number of benzene rings is 1. The lowest BCUT2D eigenvalue weighted by atomic mass is 10.2. The number of aromatic carboxylic acids is 1. The number of carboxylic acid groups (broad SMARTS) is 1. The van der Waals surface area contributed by atoms with Crippen LogP contribution in [0.2, 0.25) is 5.02 Å². The Balaban J connectivity index is 2.13. The van der Waals surface area contributed by atoms with Crippen molar-refractivity contribution < 1.29 is 14.3 Å². The number of nitrogens with one attached hydrogen (secondary N) is 1. The van der Waals surface area contributed by atoms with E-state index in [1.165, 1.54) is 6.07 Å². The second-order valence-electron chi connectivity index (χ2n) is 3.85. The Labute approximate surface area is 107 Å². The number of carbonyl (C=O) groups is 1. The first-order valence-electron chi connectivity index (χ1n) is 5.26. The Morgan fingerprint density at radius 1 is 1.28 bits per heavy atom. The van der Waals surface area contributed by atoms with E-state index in [4.69, 9.17) is 21.1 Å². The maximum Gasteiger partial charge on any atom is 0.352 e. The summed E-state index contributed by atoms with van der Waals surface area (Å²) in [5, 5.41) is 10.3. The number of rotatable bonds is 2. The zero-order chi connectivity index (χ0) is 12.7. The van der Waals surface area contributed by atoms with Crippen molar-refractivity contribution in [2.75, 3.05) is 0 Å². The molecule has 18 heavy (non-hydrogen) atoms. The number of halogens is 1. The van der Waals surface area contributed by atoms with Crippen molar-refractivity contribution >= 4 is 28.5 Å². The van der Waals surface area contributed by atoms with Crippen molar-refractivity contribution in [3.63, 3.8) is 0 Å². The fourth-order valence-electron chi connectivity index (χ4n) is 1.82. The van der Waals surface area contributed by atoms with Gasteiger partial charge in [-0.3, -0.25) is 0 Å². The topological polar surface area (TPSA) is 66.2 Å². The van der Waals surface area contributed by atoms with E-state index in [-0.39, 0.29) is 5.69 Å². The first-order valence-corrected chi connectivity index (χ1v) is 5.63. The second kappa shape index (κ2) is 3.92. The Hall–Kier alpha value is -2.20. The molecule has 0 saturated heterocycles. The predicted molar refractivity (Wildman–Crippen MR) is 68.0 cm³/mol. The van der Waals surface area contributed by atoms with Gasteiger partial charge in [0.15, 0.2) is 5.76 Å². The van der Waals surface area contributed by atoms with Crippen molar-refractivity contribution in [1.82, 2.24) is 4.98 Å². The predicted octanol–water partition coefficient (Wildman–Crippen LogP) is 3.78. The van der Waals surface area contributed by atoms with Crippen molar-refractivity contribution in [3.05, 3.63) is 47.1 Å². The highest BCUT2D eigenvalue weighted by atomic mass is 35.5. The average Bonchev–Trinajstić information content (AvgIpc) is 2.95. The molecule has 3 aromatic rings.